The van der Waals surface area contributed by atoms with Crippen LogP contribution in [0.4, 0.5) is 13.2 Å². The van der Waals surface area contributed by atoms with Gasteiger partial charge in [-0.15, -0.1) is 0 Å². The molecular weight excluding hydrogens is 471 g/mol. The lowest BCUT2D eigenvalue weighted by atomic mass is 9.69. The maximum atomic E-state index is 13.6. The molecule has 6 nitrogen and oxygen atoms in total. The average molecular weight is 500 g/mol. The fraction of sp³-hybridized carbons (Fsp3) is 0.583. The lowest BCUT2D eigenvalue weighted by molar-refractivity contribution is -0.138. The van der Waals surface area contributed by atoms with Crippen molar-refractivity contribution in [2.45, 2.75) is 65.3 Å². The molecule has 1 heterocycles. The maximum absolute atomic E-state index is 13.6. The van der Waals surface area contributed by atoms with Gasteiger partial charge in [0.15, 0.2) is 0 Å². The topological polar surface area (TPSA) is 80.8 Å². The third-order valence-electron chi connectivity index (χ3n) is 7.98. The van der Waals surface area contributed by atoms with E-state index >= 15 is 0 Å². The van der Waals surface area contributed by atoms with Crippen LogP contribution in [0, 0.1) is 16.7 Å². The van der Waals surface area contributed by atoms with E-state index in [2.05, 4.69) is 13.8 Å². The van der Waals surface area contributed by atoms with E-state index in [-0.39, 0.29) is 16.7 Å². The molecule has 3 fully saturated rings. The van der Waals surface area contributed by atoms with Crippen LogP contribution in [0.2, 0.25) is 0 Å². The molecule has 0 N–H and O–H groups in total. The number of carbonyl (C=O) groups excluding carboxylic acids is 2. The van der Waals surface area contributed by atoms with Crippen LogP contribution in [0.1, 0.15) is 68.4 Å². The number of halogens is 3. The van der Waals surface area contributed by atoms with E-state index in [1.807, 2.05) is 0 Å². The van der Waals surface area contributed by atoms with Gasteiger partial charge in [0.05, 0.1) is 29.0 Å². The zero-order valence-electron chi connectivity index (χ0n) is 19.5. The lowest BCUT2D eigenvalue weighted by Gasteiger charge is -2.36. The van der Waals surface area contributed by atoms with Crippen LogP contribution in [0.3, 0.4) is 0 Å². The second-order valence-electron chi connectivity index (χ2n) is 10.3. The standard InChI is InChI=1S/C24H28F3NO5S/c1-14(2)33-21(30)20-15(6-5-7-17(20)24(25,26)27)8-9-19(29)28-18-12-16-10-11-23(18,22(16,3)4)13-34(28,31)32/h5-9,14,16,18H,10-13H2,1-4H3/t16-,18+,23+/m1/s1. The van der Waals surface area contributed by atoms with Crippen LogP contribution in [0.15, 0.2) is 24.3 Å². The monoisotopic (exact) mass is 499 g/mol. The second-order valence-corrected chi connectivity index (χ2v) is 12.2. The summed E-state index contributed by atoms with van der Waals surface area (Å²) >= 11 is 0. The van der Waals surface area contributed by atoms with E-state index in [1.165, 1.54) is 19.9 Å². The quantitative estimate of drug-likeness (QED) is 0.445. The van der Waals surface area contributed by atoms with E-state index in [0.29, 0.717) is 12.3 Å². The molecule has 3 aliphatic rings. The Hall–Kier alpha value is -2.36. The summed E-state index contributed by atoms with van der Waals surface area (Å²) < 4.78 is 72.8. The summed E-state index contributed by atoms with van der Waals surface area (Å²) in [5.74, 6) is -1.78. The predicted octanol–water partition coefficient (Wildman–Crippen LogP) is 4.65. The predicted molar refractivity (Wildman–Crippen MR) is 119 cm³/mol. The Labute approximate surface area is 197 Å². The first-order valence-corrected chi connectivity index (χ1v) is 12.9. The van der Waals surface area contributed by atoms with Gasteiger partial charge in [0, 0.05) is 11.5 Å². The van der Waals surface area contributed by atoms with Gasteiger partial charge in [-0.3, -0.25) is 4.79 Å². The van der Waals surface area contributed by atoms with Crippen LogP contribution < -0.4 is 0 Å². The first kappa shape index (κ1) is 24.8. The van der Waals surface area contributed by atoms with Gasteiger partial charge in [0.2, 0.25) is 10.0 Å². The van der Waals surface area contributed by atoms with Crippen molar-refractivity contribution >= 4 is 28.0 Å². The largest absolute Gasteiger partial charge is 0.459 e. The van der Waals surface area contributed by atoms with Gasteiger partial charge in [0.1, 0.15) is 0 Å². The highest BCUT2D eigenvalue weighted by atomic mass is 32.2. The van der Waals surface area contributed by atoms with E-state index in [9.17, 15) is 31.2 Å². The molecule has 10 heteroatoms. The molecule has 34 heavy (non-hydrogen) atoms. The van der Waals surface area contributed by atoms with Gasteiger partial charge in [-0.1, -0.05) is 26.0 Å². The highest BCUT2D eigenvalue weighted by Gasteiger charge is 2.72. The minimum Gasteiger partial charge on any atom is -0.459 e. The summed E-state index contributed by atoms with van der Waals surface area (Å²) in [6, 6.07) is 2.69. The third kappa shape index (κ3) is 3.65. The number of hydrogen-bond donors (Lipinski definition) is 0. The van der Waals surface area contributed by atoms with Crippen LogP contribution in [0.25, 0.3) is 6.08 Å². The Morgan fingerprint density at radius 1 is 1.24 bits per heavy atom. The molecule has 186 valence electrons. The van der Waals surface area contributed by atoms with E-state index in [0.717, 1.165) is 41.4 Å². The number of esters is 1. The van der Waals surface area contributed by atoms with Crippen molar-refractivity contribution in [3.8, 4) is 0 Å². The van der Waals surface area contributed by atoms with Gasteiger partial charge < -0.3 is 4.74 Å². The molecule has 1 aromatic rings. The van der Waals surface area contributed by atoms with Crippen LogP contribution in [-0.4, -0.2) is 42.5 Å². The number of hydrogen-bond acceptors (Lipinski definition) is 5. The summed E-state index contributed by atoms with van der Waals surface area (Å²) in [4.78, 5) is 25.6. The Morgan fingerprint density at radius 3 is 2.50 bits per heavy atom. The fourth-order valence-electron chi connectivity index (χ4n) is 6.26. The summed E-state index contributed by atoms with van der Waals surface area (Å²) in [5.41, 5.74) is -2.81. The Morgan fingerprint density at radius 2 is 1.91 bits per heavy atom. The van der Waals surface area contributed by atoms with Crippen LogP contribution >= 0.6 is 0 Å². The fourth-order valence-corrected chi connectivity index (χ4v) is 8.77. The molecule has 1 saturated heterocycles. The number of carbonyl (C=O) groups is 2. The molecule has 1 aliphatic heterocycles. The number of sulfonamides is 1. The lowest BCUT2D eigenvalue weighted by Crippen LogP contribution is -2.43. The van der Waals surface area contributed by atoms with Gasteiger partial charge >= 0.3 is 12.1 Å². The van der Waals surface area contributed by atoms with Crippen molar-refractivity contribution in [2.75, 3.05) is 5.75 Å². The molecule has 3 atom stereocenters. The van der Waals surface area contributed by atoms with E-state index in [4.69, 9.17) is 4.74 Å². The molecule has 1 spiro atoms. The summed E-state index contributed by atoms with van der Waals surface area (Å²) in [6.45, 7) is 7.13. The molecule has 0 aromatic heterocycles. The minimum absolute atomic E-state index is 0.108. The zero-order valence-corrected chi connectivity index (χ0v) is 20.3. The zero-order chi connectivity index (χ0) is 25.3. The number of alkyl halides is 3. The highest BCUT2D eigenvalue weighted by molar-refractivity contribution is 7.90. The Balaban J connectivity index is 1.70. The molecule has 4 rings (SSSR count). The normalized spacial score (nSPS) is 29.1. The number of benzene rings is 1. The first-order valence-electron chi connectivity index (χ1n) is 11.3. The van der Waals surface area contributed by atoms with Gasteiger partial charge in [-0.25, -0.2) is 17.5 Å². The minimum atomic E-state index is -4.82. The second kappa shape index (κ2) is 7.83. The SMILES string of the molecule is CC(C)OC(=O)c1c(C=CC(=O)N2[C@H]3C[C@H]4CC[C@@]3(CS2(=O)=O)C4(C)C)cccc1C(F)(F)F. The average Bonchev–Trinajstić information content (AvgIpc) is 3.18. The molecular formula is C24H28F3NO5S. The molecule has 2 saturated carbocycles. The molecule has 0 unspecified atom stereocenters. The van der Waals surface area contributed by atoms with Gasteiger partial charge in [0.25, 0.3) is 5.91 Å². The van der Waals surface area contributed by atoms with E-state index in [1.54, 1.807) is 0 Å². The summed E-state index contributed by atoms with van der Waals surface area (Å²) in [6.07, 6.45) is -1.24. The van der Waals surface area contributed by atoms with Crippen LogP contribution in [-0.2, 0) is 25.7 Å². The number of amides is 1. The molecule has 2 aliphatic carbocycles. The van der Waals surface area contributed by atoms with Gasteiger partial charge in [-0.05, 0) is 62.1 Å². The van der Waals surface area contributed by atoms with Crippen molar-refractivity contribution in [1.82, 2.24) is 4.31 Å². The maximum Gasteiger partial charge on any atom is 0.417 e. The molecule has 0 radical (unpaired) electrons. The first-order chi connectivity index (χ1) is 15.6. The van der Waals surface area contributed by atoms with E-state index < -0.39 is 56.8 Å². The van der Waals surface area contributed by atoms with Crippen molar-refractivity contribution in [1.29, 1.82) is 0 Å². The molecule has 2 bridgehead atoms. The number of fused-ring (bicyclic) bond motifs is 1. The summed E-state index contributed by atoms with van der Waals surface area (Å²) in [7, 11) is -3.88. The number of rotatable bonds is 4. The van der Waals surface area contributed by atoms with Crippen molar-refractivity contribution in [2.24, 2.45) is 16.7 Å². The van der Waals surface area contributed by atoms with Crippen molar-refractivity contribution in [3.63, 3.8) is 0 Å². The summed E-state index contributed by atoms with van der Waals surface area (Å²) in [5, 5.41) is 0. The Kier molecular flexibility index (Phi) is 5.70. The van der Waals surface area contributed by atoms with Crippen molar-refractivity contribution in [3.05, 3.63) is 41.0 Å². The highest BCUT2D eigenvalue weighted by Crippen LogP contribution is 2.70. The number of ether oxygens (including phenoxy) is 1. The molecule has 1 aromatic carbocycles. The number of nitrogens with zero attached hydrogens (tertiary/aromatic N) is 1. The Bertz CT molecular complexity index is 1170. The molecule has 1 amide bonds. The van der Waals surface area contributed by atoms with Crippen molar-refractivity contribution < 1.29 is 35.9 Å². The van der Waals surface area contributed by atoms with Gasteiger partial charge in [-0.2, -0.15) is 13.2 Å². The third-order valence-corrected chi connectivity index (χ3v) is 9.90. The van der Waals surface area contributed by atoms with Crippen LogP contribution in [0.5, 0.6) is 0 Å². The smallest absolute Gasteiger partial charge is 0.417 e.